The van der Waals surface area contributed by atoms with E-state index in [1.54, 1.807) is 0 Å². The van der Waals surface area contributed by atoms with E-state index in [0.717, 1.165) is 84.2 Å². The summed E-state index contributed by atoms with van der Waals surface area (Å²) >= 11 is 0. The van der Waals surface area contributed by atoms with Gasteiger partial charge in [0.2, 0.25) is 0 Å². The molecule has 0 amide bonds. The van der Waals surface area contributed by atoms with Crippen LogP contribution in [0.1, 0.15) is 24.3 Å². The molecule has 15 rings (SSSR count). The standard InChI is InChI=1S/C79H58N2O/c1-3-10-55(11-4-1)60-28-40-68(41-29-60)80(69-42-30-61(31-43-69)56-12-5-2-6-13-56)70-46-34-63(35-47-70)64-36-48-72(49-37-64)81(73-50-38-65(39-51-73)74-15-9-16-76-75-14-7-8-17-78(75)82-79(74)76)71-44-32-62(33-45-71)58-22-20-57(21-23-58)59-24-26-66(27-25-59)77-53-54-18-19-67(77)52-54/h1-51,54,67,77H,52-53H2. The largest absolute Gasteiger partial charge is 0.455 e. The fourth-order valence-electron chi connectivity index (χ4n) is 12.9. The van der Waals surface area contributed by atoms with Gasteiger partial charge >= 0.3 is 0 Å². The molecule has 3 atom stereocenters. The number of benzene rings is 12. The molecule has 0 spiro atoms. The van der Waals surface area contributed by atoms with Crippen molar-refractivity contribution in [3.63, 3.8) is 0 Å². The Morgan fingerprint density at radius 3 is 1.00 bits per heavy atom. The smallest absolute Gasteiger partial charge is 0.143 e. The highest BCUT2D eigenvalue weighted by molar-refractivity contribution is 6.09. The molecule has 12 aromatic carbocycles. The third-order valence-electron chi connectivity index (χ3n) is 17.2. The van der Waals surface area contributed by atoms with E-state index in [1.807, 2.05) is 12.1 Å². The first kappa shape index (κ1) is 48.9. The van der Waals surface area contributed by atoms with Crippen molar-refractivity contribution in [3.8, 4) is 66.8 Å². The molecule has 82 heavy (non-hydrogen) atoms. The summed E-state index contributed by atoms with van der Waals surface area (Å²) < 4.78 is 6.49. The number of para-hydroxylation sites is 2. The highest BCUT2D eigenvalue weighted by Crippen LogP contribution is 2.49. The Labute approximate surface area is 480 Å². The van der Waals surface area contributed by atoms with E-state index in [4.69, 9.17) is 4.42 Å². The van der Waals surface area contributed by atoms with Gasteiger partial charge in [-0.25, -0.2) is 0 Å². The summed E-state index contributed by atoms with van der Waals surface area (Å²) in [5.41, 5.74) is 23.9. The average Bonchev–Trinajstić information content (AvgIpc) is 4.50. The Hall–Kier alpha value is -10.2. The molecule has 1 saturated carbocycles. The Bertz CT molecular complexity index is 4290. The predicted octanol–water partition coefficient (Wildman–Crippen LogP) is 22.2. The number of hydrogen-bond donors (Lipinski definition) is 0. The summed E-state index contributed by atoms with van der Waals surface area (Å²) in [5, 5.41) is 2.26. The van der Waals surface area contributed by atoms with Gasteiger partial charge in [-0.3, -0.25) is 0 Å². The molecular formula is C79H58N2O. The Morgan fingerprint density at radius 2 is 0.610 bits per heavy atom. The monoisotopic (exact) mass is 1050 g/mol. The first-order valence-electron chi connectivity index (χ1n) is 28.7. The fourth-order valence-corrected chi connectivity index (χ4v) is 12.9. The van der Waals surface area contributed by atoms with Crippen LogP contribution in [0.4, 0.5) is 34.1 Å². The molecule has 390 valence electrons. The number of furan rings is 1. The summed E-state index contributed by atoms with van der Waals surface area (Å²) in [6.45, 7) is 0. The van der Waals surface area contributed by atoms with Crippen LogP contribution in [0.15, 0.2) is 314 Å². The number of allylic oxidation sites excluding steroid dienone is 2. The van der Waals surface area contributed by atoms with Gasteiger partial charge in [0, 0.05) is 50.5 Å². The van der Waals surface area contributed by atoms with Crippen molar-refractivity contribution in [1.82, 2.24) is 0 Å². The molecule has 0 N–H and O–H groups in total. The van der Waals surface area contributed by atoms with Crippen LogP contribution in [0.2, 0.25) is 0 Å². The number of anilines is 6. The van der Waals surface area contributed by atoms with Crippen LogP contribution >= 0.6 is 0 Å². The molecule has 1 heterocycles. The van der Waals surface area contributed by atoms with E-state index in [0.29, 0.717) is 11.8 Å². The number of rotatable bonds is 13. The lowest BCUT2D eigenvalue weighted by Crippen LogP contribution is -2.10. The third-order valence-corrected chi connectivity index (χ3v) is 17.2. The summed E-state index contributed by atoms with van der Waals surface area (Å²) in [6, 6.07) is 108. The lowest BCUT2D eigenvalue weighted by atomic mass is 9.86. The van der Waals surface area contributed by atoms with Gasteiger partial charge in [-0.2, -0.15) is 0 Å². The van der Waals surface area contributed by atoms with Gasteiger partial charge in [-0.15, -0.1) is 0 Å². The predicted molar refractivity (Wildman–Crippen MR) is 344 cm³/mol. The Balaban J connectivity index is 0.729. The first-order valence-corrected chi connectivity index (χ1v) is 28.7. The minimum Gasteiger partial charge on any atom is -0.455 e. The van der Waals surface area contributed by atoms with Crippen LogP contribution < -0.4 is 9.80 Å². The van der Waals surface area contributed by atoms with Gasteiger partial charge in [0.1, 0.15) is 11.2 Å². The fraction of sp³-hybridized carbons (Fsp3) is 0.0633. The van der Waals surface area contributed by atoms with Crippen LogP contribution in [0, 0.1) is 11.8 Å². The topological polar surface area (TPSA) is 19.6 Å². The van der Waals surface area contributed by atoms with Gasteiger partial charge in [-0.05, 0) is 176 Å². The van der Waals surface area contributed by atoms with Crippen molar-refractivity contribution in [2.24, 2.45) is 11.8 Å². The SMILES string of the molecule is C1=CC2CC1CC2c1ccc(-c2ccc(-c3ccc(N(c4ccc(-c5ccc(N(c6ccc(-c7ccccc7)cc6)c6ccc(-c7ccccc7)cc6)cc5)cc4)c4ccc(-c5cccc6c5oc5ccccc56)cc4)cc3)cc2)cc1. The zero-order valence-electron chi connectivity index (χ0n) is 45.4. The van der Waals surface area contributed by atoms with E-state index in [-0.39, 0.29) is 0 Å². The van der Waals surface area contributed by atoms with Crippen molar-refractivity contribution in [2.45, 2.75) is 18.8 Å². The molecular weight excluding hydrogens is 993 g/mol. The maximum absolute atomic E-state index is 6.49. The minimum atomic E-state index is 0.668. The molecule has 0 aliphatic heterocycles. The second-order valence-electron chi connectivity index (χ2n) is 22.1. The van der Waals surface area contributed by atoms with Gasteiger partial charge < -0.3 is 14.2 Å². The molecule has 13 aromatic rings. The Morgan fingerprint density at radius 1 is 0.268 bits per heavy atom. The van der Waals surface area contributed by atoms with Gasteiger partial charge in [-0.1, -0.05) is 231 Å². The average molecular weight is 1050 g/mol. The third kappa shape index (κ3) is 9.36. The maximum Gasteiger partial charge on any atom is 0.143 e. The molecule has 3 unspecified atom stereocenters. The first-order chi connectivity index (χ1) is 40.6. The molecule has 1 fully saturated rings. The van der Waals surface area contributed by atoms with E-state index >= 15 is 0 Å². The molecule has 0 saturated heterocycles. The summed E-state index contributed by atoms with van der Waals surface area (Å²) in [6.07, 6.45) is 7.50. The van der Waals surface area contributed by atoms with Crippen LogP contribution in [-0.4, -0.2) is 0 Å². The molecule has 2 aliphatic carbocycles. The summed E-state index contributed by atoms with van der Waals surface area (Å²) in [4.78, 5) is 4.69. The van der Waals surface area contributed by atoms with Crippen LogP contribution in [0.3, 0.4) is 0 Å². The van der Waals surface area contributed by atoms with E-state index in [1.165, 1.54) is 62.9 Å². The van der Waals surface area contributed by atoms with Crippen LogP contribution in [-0.2, 0) is 0 Å². The summed E-state index contributed by atoms with van der Waals surface area (Å²) in [7, 11) is 0. The van der Waals surface area contributed by atoms with Gasteiger partial charge in [0.05, 0.1) is 0 Å². The quantitative estimate of drug-likeness (QED) is 0.107. The molecule has 3 nitrogen and oxygen atoms in total. The second-order valence-corrected chi connectivity index (χ2v) is 22.1. The molecule has 2 aliphatic rings. The zero-order chi connectivity index (χ0) is 54.3. The maximum atomic E-state index is 6.49. The zero-order valence-corrected chi connectivity index (χ0v) is 45.4. The van der Waals surface area contributed by atoms with Crippen molar-refractivity contribution < 1.29 is 4.42 Å². The van der Waals surface area contributed by atoms with Crippen LogP contribution in [0.5, 0.6) is 0 Å². The van der Waals surface area contributed by atoms with E-state index in [2.05, 4.69) is 307 Å². The summed E-state index contributed by atoms with van der Waals surface area (Å²) in [5.74, 6) is 2.16. The van der Waals surface area contributed by atoms with Crippen molar-refractivity contribution in [3.05, 3.63) is 315 Å². The van der Waals surface area contributed by atoms with E-state index in [9.17, 15) is 0 Å². The molecule has 1 aromatic heterocycles. The van der Waals surface area contributed by atoms with E-state index < -0.39 is 0 Å². The van der Waals surface area contributed by atoms with Crippen molar-refractivity contribution in [2.75, 3.05) is 9.80 Å². The number of nitrogens with zero attached hydrogens (tertiary/aromatic N) is 2. The molecule has 3 heteroatoms. The number of fused-ring (bicyclic) bond motifs is 5. The lowest BCUT2D eigenvalue weighted by molar-refractivity contribution is 0.586. The number of hydrogen-bond acceptors (Lipinski definition) is 3. The normalized spacial score (nSPS) is 15.3. The molecule has 2 bridgehead atoms. The van der Waals surface area contributed by atoms with Crippen molar-refractivity contribution in [1.29, 1.82) is 0 Å². The van der Waals surface area contributed by atoms with Crippen molar-refractivity contribution >= 4 is 56.1 Å². The van der Waals surface area contributed by atoms with Gasteiger partial charge in [0.25, 0.3) is 0 Å². The Kier molecular flexibility index (Phi) is 12.6. The van der Waals surface area contributed by atoms with Crippen LogP contribution in [0.25, 0.3) is 88.7 Å². The highest BCUT2D eigenvalue weighted by atomic mass is 16.3. The molecule has 0 radical (unpaired) electrons. The second kappa shape index (κ2) is 21.1. The minimum absolute atomic E-state index is 0.668. The highest BCUT2D eigenvalue weighted by Gasteiger charge is 2.36. The lowest BCUT2D eigenvalue weighted by Gasteiger charge is -2.27. The van der Waals surface area contributed by atoms with Gasteiger partial charge in [0.15, 0.2) is 0 Å².